The smallest absolute Gasteiger partial charge is 0.312 e. The average molecular weight is 275 g/mol. The number of halogens is 4. The molecule has 0 amide bonds. The fraction of sp³-hybridized carbons (Fsp3) is 0.571. The van der Waals surface area contributed by atoms with Gasteiger partial charge >= 0.3 is 6.18 Å². The molecule has 19 heavy (non-hydrogen) atoms. The number of hydrogen-bond acceptors (Lipinski definition) is 1. The molecule has 1 aliphatic carbocycles. The summed E-state index contributed by atoms with van der Waals surface area (Å²) >= 11 is 0. The van der Waals surface area contributed by atoms with Crippen LogP contribution in [0.2, 0.25) is 0 Å². The van der Waals surface area contributed by atoms with Gasteiger partial charge in [-0.25, -0.2) is 4.39 Å². The first-order chi connectivity index (χ1) is 8.78. The SMILES string of the molecule is CC1(CNCc2cc(F)cc(C(F)(F)F)c2)CCC1. The Morgan fingerprint density at radius 1 is 1.21 bits per heavy atom. The van der Waals surface area contributed by atoms with Gasteiger partial charge in [-0.2, -0.15) is 13.2 Å². The van der Waals surface area contributed by atoms with Crippen molar-refractivity contribution >= 4 is 0 Å². The van der Waals surface area contributed by atoms with Crippen molar-refractivity contribution in [1.82, 2.24) is 5.32 Å². The van der Waals surface area contributed by atoms with Crippen LogP contribution >= 0.6 is 0 Å². The molecule has 1 aromatic rings. The minimum Gasteiger partial charge on any atom is -0.312 e. The molecule has 0 bridgehead atoms. The second-order valence-electron chi connectivity index (χ2n) is 5.61. The van der Waals surface area contributed by atoms with Crippen molar-refractivity contribution in [3.63, 3.8) is 0 Å². The van der Waals surface area contributed by atoms with Crippen LogP contribution in [0.15, 0.2) is 18.2 Å². The summed E-state index contributed by atoms with van der Waals surface area (Å²) < 4.78 is 50.8. The Kier molecular flexibility index (Phi) is 3.85. The van der Waals surface area contributed by atoms with Gasteiger partial charge in [0, 0.05) is 13.1 Å². The summed E-state index contributed by atoms with van der Waals surface area (Å²) in [7, 11) is 0. The lowest BCUT2D eigenvalue weighted by atomic mass is 9.70. The van der Waals surface area contributed by atoms with E-state index in [-0.39, 0.29) is 12.0 Å². The van der Waals surface area contributed by atoms with Crippen LogP contribution in [0.5, 0.6) is 0 Å². The highest BCUT2D eigenvalue weighted by Gasteiger charge is 2.32. The number of benzene rings is 1. The first kappa shape index (κ1) is 14.3. The van der Waals surface area contributed by atoms with Gasteiger partial charge < -0.3 is 5.32 Å². The Labute approximate surface area is 110 Å². The van der Waals surface area contributed by atoms with E-state index in [0.717, 1.165) is 31.5 Å². The summed E-state index contributed by atoms with van der Waals surface area (Å²) in [5.74, 6) is -0.846. The number of hydrogen-bond donors (Lipinski definition) is 1. The molecule has 1 aliphatic rings. The molecule has 0 aromatic heterocycles. The molecule has 1 nitrogen and oxygen atoms in total. The summed E-state index contributed by atoms with van der Waals surface area (Å²) in [4.78, 5) is 0. The number of alkyl halides is 3. The molecule has 0 spiro atoms. The monoisotopic (exact) mass is 275 g/mol. The van der Waals surface area contributed by atoms with Crippen molar-refractivity contribution in [3.8, 4) is 0 Å². The van der Waals surface area contributed by atoms with E-state index in [9.17, 15) is 17.6 Å². The van der Waals surface area contributed by atoms with Gasteiger partial charge in [-0.05, 0) is 42.0 Å². The second-order valence-corrected chi connectivity index (χ2v) is 5.61. The Morgan fingerprint density at radius 3 is 2.42 bits per heavy atom. The molecule has 1 saturated carbocycles. The number of rotatable bonds is 4. The lowest BCUT2D eigenvalue weighted by Gasteiger charge is -2.38. The van der Waals surface area contributed by atoms with Crippen LogP contribution in [0.4, 0.5) is 17.6 Å². The highest BCUT2D eigenvalue weighted by atomic mass is 19.4. The van der Waals surface area contributed by atoms with E-state index in [0.29, 0.717) is 11.6 Å². The molecule has 0 radical (unpaired) electrons. The molecule has 5 heteroatoms. The Balaban J connectivity index is 1.98. The van der Waals surface area contributed by atoms with E-state index in [1.54, 1.807) is 0 Å². The van der Waals surface area contributed by atoms with Crippen LogP contribution < -0.4 is 5.32 Å². The molecule has 1 aromatic carbocycles. The predicted molar refractivity (Wildman–Crippen MR) is 65.1 cm³/mol. The molecule has 1 N–H and O–H groups in total. The van der Waals surface area contributed by atoms with E-state index >= 15 is 0 Å². The molecular formula is C14H17F4N. The molecule has 0 saturated heterocycles. The molecule has 0 atom stereocenters. The van der Waals surface area contributed by atoms with E-state index in [1.807, 2.05) is 0 Å². The van der Waals surface area contributed by atoms with Crippen LogP contribution in [-0.2, 0) is 12.7 Å². The van der Waals surface area contributed by atoms with Crippen LogP contribution in [0.3, 0.4) is 0 Å². The van der Waals surface area contributed by atoms with Crippen molar-refractivity contribution in [1.29, 1.82) is 0 Å². The van der Waals surface area contributed by atoms with Crippen LogP contribution in [0.25, 0.3) is 0 Å². The maximum absolute atomic E-state index is 13.2. The Bertz CT molecular complexity index is 449. The van der Waals surface area contributed by atoms with Crippen molar-refractivity contribution in [2.75, 3.05) is 6.54 Å². The van der Waals surface area contributed by atoms with Gasteiger partial charge in [-0.3, -0.25) is 0 Å². The lowest BCUT2D eigenvalue weighted by Crippen LogP contribution is -2.37. The van der Waals surface area contributed by atoms with Crippen molar-refractivity contribution in [2.24, 2.45) is 5.41 Å². The largest absolute Gasteiger partial charge is 0.416 e. The van der Waals surface area contributed by atoms with E-state index in [2.05, 4.69) is 12.2 Å². The maximum atomic E-state index is 13.2. The summed E-state index contributed by atoms with van der Waals surface area (Å²) in [6, 6.07) is 2.67. The molecule has 106 valence electrons. The van der Waals surface area contributed by atoms with Crippen LogP contribution in [-0.4, -0.2) is 6.54 Å². The van der Waals surface area contributed by atoms with Gasteiger partial charge in [0.05, 0.1) is 5.56 Å². The van der Waals surface area contributed by atoms with Gasteiger partial charge in [0.2, 0.25) is 0 Å². The Morgan fingerprint density at radius 2 is 1.89 bits per heavy atom. The highest BCUT2D eigenvalue weighted by molar-refractivity contribution is 5.26. The minimum absolute atomic E-state index is 0.250. The first-order valence-electron chi connectivity index (χ1n) is 6.36. The highest BCUT2D eigenvalue weighted by Crippen LogP contribution is 2.39. The maximum Gasteiger partial charge on any atom is 0.416 e. The van der Waals surface area contributed by atoms with E-state index in [4.69, 9.17) is 0 Å². The zero-order valence-electron chi connectivity index (χ0n) is 10.8. The minimum atomic E-state index is -4.50. The zero-order valence-corrected chi connectivity index (χ0v) is 10.8. The zero-order chi connectivity index (χ0) is 14.1. The summed E-state index contributed by atoms with van der Waals surface area (Å²) in [6.07, 6.45) is -1.03. The van der Waals surface area contributed by atoms with Gasteiger partial charge in [0.1, 0.15) is 5.82 Å². The van der Waals surface area contributed by atoms with Crippen molar-refractivity contribution in [2.45, 2.75) is 38.9 Å². The van der Waals surface area contributed by atoms with Crippen molar-refractivity contribution in [3.05, 3.63) is 35.1 Å². The van der Waals surface area contributed by atoms with Crippen LogP contribution in [0.1, 0.15) is 37.3 Å². The lowest BCUT2D eigenvalue weighted by molar-refractivity contribution is -0.137. The molecule has 1 fully saturated rings. The average Bonchev–Trinajstić information content (AvgIpc) is 2.25. The summed E-state index contributed by atoms with van der Waals surface area (Å²) in [5, 5.41) is 3.12. The van der Waals surface area contributed by atoms with Gasteiger partial charge in [-0.15, -0.1) is 0 Å². The van der Waals surface area contributed by atoms with E-state index in [1.165, 1.54) is 6.42 Å². The molecular weight excluding hydrogens is 258 g/mol. The quantitative estimate of drug-likeness (QED) is 0.815. The third-order valence-electron chi connectivity index (χ3n) is 3.73. The fourth-order valence-electron chi connectivity index (χ4n) is 2.38. The van der Waals surface area contributed by atoms with Crippen molar-refractivity contribution < 1.29 is 17.6 Å². The van der Waals surface area contributed by atoms with Crippen LogP contribution in [0, 0.1) is 11.2 Å². The third kappa shape index (κ3) is 3.69. The molecule has 2 rings (SSSR count). The standard InChI is InChI=1S/C14H17F4N/c1-13(3-2-4-13)9-19-8-10-5-11(14(16,17)18)7-12(15)6-10/h5-7,19H,2-4,8-9H2,1H3. The summed E-state index contributed by atoms with van der Waals surface area (Å²) in [5.41, 5.74) is -0.352. The summed E-state index contributed by atoms with van der Waals surface area (Å²) in [6.45, 7) is 3.16. The fourth-order valence-corrected chi connectivity index (χ4v) is 2.38. The molecule has 0 unspecified atom stereocenters. The van der Waals surface area contributed by atoms with E-state index < -0.39 is 17.6 Å². The predicted octanol–water partition coefficient (Wildman–Crippen LogP) is 4.12. The Hall–Kier alpha value is -1.10. The topological polar surface area (TPSA) is 12.0 Å². The first-order valence-corrected chi connectivity index (χ1v) is 6.36. The molecule has 0 heterocycles. The second kappa shape index (κ2) is 5.12. The van der Waals surface area contributed by atoms with Gasteiger partial charge in [-0.1, -0.05) is 13.3 Å². The molecule has 0 aliphatic heterocycles. The van der Waals surface area contributed by atoms with Gasteiger partial charge in [0.15, 0.2) is 0 Å². The van der Waals surface area contributed by atoms with Gasteiger partial charge in [0.25, 0.3) is 0 Å². The third-order valence-corrected chi connectivity index (χ3v) is 3.73. The number of nitrogens with one attached hydrogen (secondary N) is 1. The normalized spacial score (nSPS) is 18.2.